The Bertz CT molecular complexity index is 1050. The number of piperidine rings is 1. The second-order valence-corrected chi connectivity index (χ2v) is 7.60. The van der Waals surface area contributed by atoms with E-state index in [-0.39, 0.29) is 0 Å². The summed E-state index contributed by atoms with van der Waals surface area (Å²) >= 11 is 0. The van der Waals surface area contributed by atoms with Crippen LogP contribution in [0.3, 0.4) is 0 Å². The number of anilines is 2. The largest absolute Gasteiger partial charge is 0.324 e. The Hall–Kier alpha value is -3.30. The normalized spacial score (nSPS) is 15.1. The molecule has 0 aliphatic carbocycles. The number of aryl methyl sites for hydroxylation is 1. The third kappa shape index (κ3) is 4.41. The lowest BCUT2D eigenvalue weighted by Crippen LogP contribution is -2.29. The Morgan fingerprint density at radius 1 is 1.10 bits per heavy atom. The first-order valence-corrected chi connectivity index (χ1v) is 9.88. The van der Waals surface area contributed by atoms with E-state index in [1.807, 2.05) is 12.1 Å². The summed E-state index contributed by atoms with van der Waals surface area (Å²) in [6, 6.07) is 15.9. The monoisotopic (exact) mass is 384 g/mol. The average Bonchev–Trinajstić information content (AvgIpc) is 2.75. The molecule has 146 valence electrons. The summed E-state index contributed by atoms with van der Waals surface area (Å²) in [7, 11) is 2.19. The van der Waals surface area contributed by atoms with Gasteiger partial charge in [-0.25, -0.2) is 9.97 Å². The molecule has 6 heteroatoms. The van der Waals surface area contributed by atoms with E-state index in [0.29, 0.717) is 23.3 Å². The molecule has 0 bridgehead atoms. The summed E-state index contributed by atoms with van der Waals surface area (Å²) in [6.07, 6.45) is 3.91. The zero-order valence-electron chi connectivity index (χ0n) is 16.8. The van der Waals surface area contributed by atoms with Gasteiger partial charge in [0, 0.05) is 11.3 Å². The van der Waals surface area contributed by atoms with Gasteiger partial charge in [-0.2, -0.15) is 10.2 Å². The molecule has 1 aliphatic heterocycles. The van der Waals surface area contributed by atoms with Gasteiger partial charge >= 0.3 is 0 Å². The topological polar surface area (TPSA) is 77.7 Å². The summed E-state index contributed by atoms with van der Waals surface area (Å²) in [5.74, 6) is 1.67. The van der Waals surface area contributed by atoms with E-state index in [0.717, 1.165) is 24.3 Å². The van der Waals surface area contributed by atoms with Gasteiger partial charge in [-0.05, 0) is 81.2 Å². The number of nitrogens with zero attached hydrogens (tertiary/aromatic N) is 5. The van der Waals surface area contributed by atoms with E-state index in [4.69, 9.17) is 5.26 Å². The minimum atomic E-state index is 0.490. The van der Waals surface area contributed by atoms with Crippen molar-refractivity contribution in [3.63, 3.8) is 0 Å². The van der Waals surface area contributed by atoms with E-state index in [2.05, 4.69) is 63.4 Å². The number of rotatable bonds is 4. The highest BCUT2D eigenvalue weighted by Gasteiger charge is 2.19. The molecule has 0 spiro atoms. The van der Waals surface area contributed by atoms with Crippen molar-refractivity contribution < 1.29 is 0 Å². The van der Waals surface area contributed by atoms with E-state index < -0.39 is 0 Å². The van der Waals surface area contributed by atoms with Crippen molar-refractivity contribution in [1.82, 2.24) is 19.9 Å². The maximum Gasteiger partial charge on any atom is 0.230 e. The lowest BCUT2D eigenvalue weighted by Gasteiger charge is -2.30. The Kier molecular flexibility index (Phi) is 5.50. The molecular weight excluding hydrogens is 360 g/mol. The fourth-order valence-electron chi connectivity index (χ4n) is 3.88. The summed E-state index contributed by atoms with van der Waals surface area (Å²) < 4.78 is 0. The van der Waals surface area contributed by atoms with Crippen LogP contribution in [-0.2, 0) is 0 Å². The number of nitriles is 1. The van der Waals surface area contributed by atoms with Crippen LogP contribution in [0.2, 0.25) is 0 Å². The Balaban J connectivity index is 1.52. The molecule has 0 radical (unpaired) electrons. The minimum Gasteiger partial charge on any atom is -0.324 e. The molecule has 0 atom stereocenters. The fourth-order valence-corrected chi connectivity index (χ4v) is 3.88. The lowest BCUT2D eigenvalue weighted by molar-refractivity contribution is 0.255. The Labute approximate surface area is 171 Å². The quantitative estimate of drug-likeness (QED) is 0.724. The van der Waals surface area contributed by atoms with Crippen LogP contribution in [0.15, 0.2) is 48.8 Å². The number of hydrogen-bond donors (Lipinski definition) is 1. The molecule has 0 amide bonds. The smallest absolute Gasteiger partial charge is 0.230 e. The van der Waals surface area contributed by atoms with Crippen LogP contribution in [0, 0.1) is 18.3 Å². The second kappa shape index (κ2) is 8.38. The number of aromatic nitrogens is 3. The van der Waals surface area contributed by atoms with Crippen LogP contribution in [0.4, 0.5) is 11.6 Å². The van der Waals surface area contributed by atoms with Crippen molar-refractivity contribution in [2.24, 2.45) is 0 Å². The van der Waals surface area contributed by atoms with Gasteiger partial charge in [-0.15, -0.1) is 0 Å². The van der Waals surface area contributed by atoms with Gasteiger partial charge in [0.25, 0.3) is 0 Å². The first-order valence-electron chi connectivity index (χ1n) is 9.88. The van der Waals surface area contributed by atoms with Crippen molar-refractivity contribution in [1.29, 1.82) is 5.26 Å². The SMILES string of the molecule is Cc1cc(Nc2ncnc(-c3cccc(C#N)c3)n2)ccc1C1CCN(C)CC1. The van der Waals surface area contributed by atoms with Crippen LogP contribution < -0.4 is 5.32 Å². The average molecular weight is 384 g/mol. The lowest BCUT2D eigenvalue weighted by atomic mass is 9.87. The molecule has 2 aromatic carbocycles. The highest BCUT2D eigenvalue weighted by molar-refractivity contribution is 5.61. The predicted octanol–water partition coefficient (Wildman–Crippen LogP) is 4.27. The molecule has 1 aromatic heterocycles. The van der Waals surface area contributed by atoms with Gasteiger partial charge < -0.3 is 10.2 Å². The van der Waals surface area contributed by atoms with Crippen LogP contribution in [0.25, 0.3) is 11.4 Å². The van der Waals surface area contributed by atoms with E-state index in [9.17, 15) is 0 Å². The Morgan fingerprint density at radius 2 is 1.93 bits per heavy atom. The summed E-state index contributed by atoms with van der Waals surface area (Å²) in [5, 5.41) is 12.4. The zero-order chi connectivity index (χ0) is 20.2. The van der Waals surface area contributed by atoms with Crippen LogP contribution in [0.5, 0.6) is 0 Å². The fraction of sp³-hybridized carbons (Fsp3) is 0.304. The summed E-state index contributed by atoms with van der Waals surface area (Å²) in [6.45, 7) is 4.49. The molecule has 3 aromatic rings. The van der Waals surface area contributed by atoms with E-state index in [1.165, 1.54) is 30.3 Å². The maximum absolute atomic E-state index is 9.10. The van der Waals surface area contributed by atoms with Crippen molar-refractivity contribution in [3.8, 4) is 17.5 Å². The maximum atomic E-state index is 9.10. The molecule has 4 rings (SSSR count). The second-order valence-electron chi connectivity index (χ2n) is 7.60. The van der Waals surface area contributed by atoms with Gasteiger partial charge in [-0.3, -0.25) is 0 Å². The Morgan fingerprint density at radius 3 is 2.69 bits per heavy atom. The molecule has 29 heavy (non-hydrogen) atoms. The van der Waals surface area contributed by atoms with Gasteiger partial charge in [0.05, 0.1) is 11.6 Å². The molecule has 0 unspecified atom stereocenters. The molecule has 6 nitrogen and oxygen atoms in total. The molecule has 1 fully saturated rings. The first kappa shape index (κ1) is 19.0. The zero-order valence-corrected chi connectivity index (χ0v) is 16.8. The van der Waals surface area contributed by atoms with Crippen molar-refractivity contribution in [2.75, 3.05) is 25.5 Å². The third-order valence-electron chi connectivity index (χ3n) is 5.51. The summed E-state index contributed by atoms with van der Waals surface area (Å²) in [5.41, 5.74) is 5.07. The number of nitrogens with one attached hydrogen (secondary N) is 1. The highest BCUT2D eigenvalue weighted by atomic mass is 15.1. The van der Waals surface area contributed by atoms with Crippen LogP contribution in [-0.4, -0.2) is 40.0 Å². The van der Waals surface area contributed by atoms with Gasteiger partial charge in [0.15, 0.2) is 5.82 Å². The van der Waals surface area contributed by atoms with Crippen molar-refractivity contribution in [3.05, 3.63) is 65.5 Å². The minimum absolute atomic E-state index is 0.490. The highest BCUT2D eigenvalue weighted by Crippen LogP contribution is 2.31. The molecule has 2 heterocycles. The van der Waals surface area contributed by atoms with Gasteiger partial charge in [-0.1, -0.05) is 18.2 Å². The summed E-state index contributed by atoms with van der Waals surface area (Å²) in [4.78, 5) is 15.4. The first-order chi connectivity index (χ1) is 14.1. The van der Waals surface area contributed by atoms with Gasteiger partial charge in [0.1, 0.15) is 6.33 Å². The predicted molar refractivity (Wildman–Crippen MR) is 114 cm³/mol. The molecule has 0 saturated carbocycles. The van der Waals surface area contributed by atoms with Crippen LogP contribution in [0.1, 0.15) is 35.4 Å². The molecular formula is C23H24N6. The van der Waals surface area contributed by atoms with Gasteiger partial charge in [0.2, 0.25) is 5.95 Å². The molecule has 1 saturated heterocycles. The standard InChI is InChI=1S/C23H24N6/c1-16-12-20(6-7-21(16)18-8-10-29(2)11-9-18)27-23-26-15-25-22(28-23)19-5-3-4-17(13-19)14-24/h3-7,12-13,15,18H,8-11H2,1-2H3,(H,25,26,27,28). The number of likely N-dealkylation sites (tertiary alicyclic amines) is 1. The molecule has 1 aliphatic rings. The van der Waals surface area contributed by atoms with Crippen molar-refractivity contribution >= 4 is 11.6 Å². The molecule has 1 N–H and O–H groups in total. The van der Waals surface area contributed by atoms with Crippen LogP contribution >= 0.6 is 0 Å². The number of hydrogen-bond acceptors (Lipinski definition) is 6. The third-order valence-corrected chi connectivity index (χ3v) is 5.51. The number of benzene rings is 2. The van der Waals surface area contributed by atoms with E-state index >= 15 is 0 Å². The van der Waals surface area contributed by atoms with Crippen molar-refractivity contribution in [2.45, 2.75) is 25.7 Å². The van der Waals surface area contributed by atoms with E-state index in [1.54, 1.807) is 12.1 Å².